The Morgan fingerprint density at radius 2 is 2.00 bits per heavy atom. The molecule has 20 heavy (non-hydrogen) atoms. The standard InChI is InChI=1S/C16H16N2O2/c1-2-14-9-10-15(20-14)16(19)18-13-7-5-12(6-8-13)4-3-11-17/h5-10H,2,11,17H2,1H3,(H,18,19). The van der Waals surface area contributed by atoms with E-state index in [0.29, 0.717) is 18.0 Å². The summed E-state index contributed by atoms with van der Waals surface area (Å²) in [6.07, 6.45) is 0.766. The van der Waals surface area contributed by atoms with Gasteiger partial charge in [0.05, 0.1) is 6.54 Å². The summed E-state index contributed by atoms with van der Waals surface area (Å²) in [7, 11) is 0. The van der Waals surface area contributed by atoms with E-state index in [1.54, 1.807) is 24.3 Å². The summed E-state index contributed by atoms with van der Waals surface area (Å²) in [5.74, 6) is 6.55. The summed E-state index contributed by atoms with van der Waals surface area (Å²) in [5.41, 5.74) is 6.87. The van der Waals surface area contributed by atoms with Crippen molar-refractivity contribution in [3.05, 3.63) is 53.5 Å². The third kappa shape index (κ3) is 3.50. The molecule has 4 nitrogen and oxygen atoms in total. The maximum Gasteiger partial charge on any atom is 0.291 e. The summed E-state index contributed by atoms with van der Waals surface area (Å²) in [4.78, 5) is 12.0. The minimum Gasteiger partial charge on any atom is -0.456 e. The van der Waals surface area contributed by atoms with E-state index in [1.165, 1.54) is 0 Å². The highest BCUT2D eigenvalue weighted by molar-refractivity contribution is 6.02. The second-order valence-corrected chi connectivity index (χ2v) is 4.16. The molecule has 0 bridgehead atoms. The molecule has 4 heteroatoms. The summed E-state index contributed by atoms with van der Waals surface area (Å²) in [6.45, 7) is 2.30. The van der Waals surface area contributed by atoms with Crippen molar-refractivity contribution in [1.29, 1.82) is 0 Å². The minimum atomic E-state index is -0.259. The number of benzene rings is 1. The molecule has 0 aliphatic rings. The molecule has 0 spiro atoms. The van der Waals surface area contributed by atoms with Gasteiger partial charge in [-0.25, -0.2) is 0 Å². The van der Waals surface area contributed by atoms with Crippen LogP contribution in [0.3, 0.4) is 0 Å². The first-order valence-corrected chi connectivity index (χ1v) is 6.42. The lowest BCUT2D eigenvalue weighted by Crippen LogP contribution is -2.10. The van der Waals surface area contributed by atoms with Crippen molar-refractivity contribution < 1.29 is 9.21 Å². The Balaban J connectivity index is 2.04. The number of nitrogens with one attached hydrogen (secondary N) is 1. The smallest absolute Gasteiger partial charge is 0.291 e. The van der Waals surface area contributed by atoms with Crippen molar-refractivity contribution in [2.75, 3.05) is 11.9 Å². The molecule has 0 atom stereocenters. The number of hydrogen-bond donors (Lipinski definition) is 2. The number of nitrogens with two attached hydrogens (primary N) is 1. The van der Waals surface area contributed by atoms with Crippen LogP contribution in [0.1, 0.15) is 28.8 Å². The number of aryl methyl sites for hydroxylation is 1. The normalized spacial score (nSPS) is 9.70. The van der Waals surface area contributed by atoms with E-state index in [2.05, 4.69) is 17.2 Å². The third-order valence-corrected chi connectivity index (χ3v) is 2.71. The van der Waals surface area contributed by atoms with Crippen molar-refractivity contribution in [1.82, 2.24) is 0 Å². The molecule has 2 rings (SSSR count). The fourth-order valence-corrected chi connectivity index (χ4v) is 1.67. The lowest BCUT2D eigenvalue weighted by atomic mass is 10.2. The van der Waals surface area contributed by atoms with Gasteiger partial charge in [-0.1, -0.05) is 18.8 Å². The van der Waals surface area contributed by atoms with Crippen LogP contribution in [-0.2, 0) is 6.42 Å². The van der Waals surface area contributed by atoms with E-state index in [4.69, 9.17) is 10.2 Å². The largest absolute Gasteiger partial charge is 0.456 e. The number of carbonyl (C=O) groups excluding carboxylic acids is 1. The SMILES string of the molecule is CCc1ccc(C(=O)Nc2ccc(C#CCN)cc2)o1. The summed E-state index contributed by atoms with van der Waals surface area (Å²) >= 11 is 0. The van der Waals surface area contributed by atoms with Crippen LogP contribution in [0.25, 0.3) is 0 Å². The van der Waals surface area contributed by atoms with Crippen molar-refractivity contribution in [3.63, 3.8) is 0 Å². The van der Waals surface area contributed by atoms with E-state index in [0.717, 1.165) is 17.7 Å². The van der Waals surface area contributed by atoms with Crippen LogP contribution in [0.15, 0.2) is 40.8 Å². The first-order chi connectivity index (χ1) is 9.72. The van der Waals surface area contributed by atoms with E-state index < -0.39 is 0 Å². The number of amides is 1. The van der Waals surface area contributed by atoms with Crippen molar-refractivity contribution in [2.24, 2.45) is 5.73 Å². The number of hydrogen-bond acceptors (Lipinski definition) is 3. The Kier molecular flexibility index (Phi) is 4.59. The van der Waals surface area contributed by atoms with Crippen LogP contribution in [0.5, 0.6) is 0 Å². The van der Waals surface area contributed by atoms with Crippen LogP contribution in [0.2, 0.25) is 0 Å². The highest BCUT2D eigenvalue weighted by Gasteiger charge is 2.10. The number of furan rings is 1. The van der Waals surface area contributed by atoms with E-state index in [1.807, 2.05) is 19.1 Å². The number of carbonyl (C=O) groups is 1. The van der Waals surface area contributed by atoms with Gasteiger partial charge >= 0.3 is 0 Å². The predicted molar refractivity (Wildman–Crippen MR) is 78.4 cm³/mol. The molecule has 0 radical (unpaired) electrons. The first kappa shape index (κ1) is 13.9. The average Bonchev–Trinajstić information content (AvgIpc) is 2.95. The van der Waals surface area contributed by atoms with Crippen molar-refractivity contribution in [2.45, 2.75) is 13.3 Å². The zero-order valence-electron chi connectivity index (χ0n) is 11.3. The Labute approximate surface area is 118 Å². The van der Waals surface area contributed by atoms with E-state index >= 15 is 0 Å². The first-order valence-electron chi connectivity index (χ1n) is 6.42. The molecule has 3 N–H and O–H groups in total. The van der Waals surface area contributed by atoms with Crippen LogP contribution >= 0.6 is 0 Å². The van der Waals surface area contributed by atoms with Crippen molar-refractivity contribution >= 4 is 11.6 Å². The topological polar surface area (TPSA) is 68.3 Å². The zero-order valence-corrected chi connectivity index (χ0v) is 11.3. The van der Waals surface area contributed by atoms with Gasteiger partial charge in [0, 0.05) is 17.7 Å². The van der Waals surface area contributed by atoms with Gasteiger partial charge < -0.3 is 15.5 Å². The molecule has 1 heterocycles. The Bertz CT molecular complexity index is 645. The highest BCUT2D eigenvalue weighted by Crippen LogP contribution is 2.13. The van der Waals surface area contributed by atoms with Crippen LogP contribution in [0.4, 0.5) is 5.69 Å². The summed E-state index contributed by atoms with van der Waals surface area (Å²) in [6, 6.07) is 10.7. The molecular weight excluding hydrogens is 252 g/mol. The zero-order chi connectivity index (χ0) is 14.4. The van der Waals surface area contributed by atoms with Gasteiger partial charge in [-0.3, -0.25) is 4.79 Å². The van der Waals surface area contributed by atoms with Crippen LogP contribution in [0, 0.1) is 11.8 Å². The molecule has 1 amide bonds. The van der Waals surface area contributed by atoms with Crippen LogP contribution < -0.4 is 11.1 Å². The molecule has 0 saturated carbocycles. The maximum atomic E-state index is 12.0. The molecular formula is C16H16N2O2. The van der Waals surface area contributed by atoms with Crippen LogP contribution in [-0.4, -0.2) is 12.5 Å². The second kappa shape index (κ2) is 6.60. The van der Waals surface area contributed by atoms with Gasteiger partial charge in [0.1, 0.15) is 5.76 Å². The minimum absolute atomic E-state index is 0.259. The maximum absolute atomic E-state index is 12.0. The monoisotopic (exact) mass is 268 g/mol. The Morgan fingerprint density at radius 1 is 1.25 bits per heavy atom. The number of rotatable bonds is 3. The van der Waals surface area contributed by atoms with E-state index in [-0.39, 0.29) is 5.91 Å². The Morgan fingerprint density at radius 3 is 2.60 bits per heavy atom. The lowest BCUT2D eigenvalue weighted by Gasteiger charge is -2.03. The van der Waals surface area contributed by atoms with Gasteiger partial charge in [-0.2, -0.15) is 0 Å². The predicted octanol–water partition coefficient (Wildman–Crippen LogP) is 2.40. The highest BCUT2D eigenvalue weighted by atomic mass is 16.3. The van der Waals surface area contributed by atoms with Gasteiger partial charge in [0.15, 0.2) is 5.76 Å². The molecule has 0 unspecified atom stereocenters. The molecule has 1 aromatic heterocycles. The van der Waals surface area contributed by atoms with E-state index in [9.17, 15) is 4.79 Å². The lowest BCUT2D eigenvalue weighted by molar-refractivity contribution is 0.0995. The van der Waals surface area contributed by atoms with Gasteiger partial charge in [0.25, 0.3) is 5.91 Å². The molecule has 2 aromatic rings. The summed E-state index contributed by atoms with van der Waals surface area (Å²) < 4.78 is 5.40. The van der Waals surface area contributed by atoms with Crippen molar-refractivity contribution in [3.8, 4) is 11.8 Å². The quantitative estimate of drug-likeness (QED) is 0.840. The van der Waals surface area contributed by atoms with Gasteiger partial charge in [-0.05, 0) is 36.4 Å². The fraction of sp³-hybridized carbons (Fsp3) is 0.188. The third-order valence-electron chi connectivity index (χ3n) is 2.71. The molecule has 0 saturated heterocycles. The molecule has 0 fully saturated rings. The molecule has 0 aliphatic heterocycles. The average molecular weight is 268 g/mol. The summed E-state index contributed by atoms with van der Waals surface area (Å²) in [5, 5.41) is 2.77. The molecule has 0 aliphatic carbocycles. The molecule has 1 aromatic carbocycles. The fourth-order valence-electron chi connectivity index (χ4n) is 1.67. The van der Waals surface area contributed by atoms with Gasteiger partial charge in [0.2, 0.25) is 0 Å². The second-order valence-electron chi connectivity index (χ2n) is 4.16. The van der Waals surface area contributed by atoms with Gasteiger partial charge in [-0.15, -0.1) is 0 Å². The Hall–Kier alpha value is -2.51. The number of anilines is 1. The molecule has 102 valence electrons.